The molecule has 0 saturated heterocycles. The van der Waals surface area contributed by atoms with Gasteiger partial charge in [-0.3, -0.25) is 11.3 Å². The third kappa shape index (κ3) is 3.28. The van der Waals surface area contributed by atoms with Crippen LogP contribution in [0.15, 0.2) is 24.3 Å². The van der Waals surface area contributed by atoms with E-state index < -0.39 is 0 Å². The molecule has 0 aliphatic heterocycles. The van der Waals surface area contributed by atoms with Crippen LogP contribution >= 0.6 is 0 Å². The van der Waals surface area contributed by atoms with Crippen LogP contribution in [0.5, 0.6) is 5.75 Å². The molecule has 80 valence electrons. The van der Waals surface area contributed by atoms with Gasteiger partial charge in [-0.05, 0) is 24.6 Å². The van der Waals surface area contributed by atoms with Crippen LogP contribution in [0.4, 0.5) is 0 Å². The zero-order chi connectivity index (χ0) is 11.1. The van der Waals surface area contributed by atoms with Crippen molar-refractivity contribution in [3.05, 3.63) is 29.8 Å². The zero-order valence-corrected chi connectivity index (χ0v) is 9.08. The van der Waals surface area contributed by atoms with E-state index in [1.165, 1.54) is 0 Å². The van der Waals surface area contributed by atoms with E-state index in [0.717, 1.165) is 11.3 Å². The lowest BCUT2D eigenvalue weighted by Crippen LogP contribution is -2.27. The molecule has 3 nitrogen and oxygen atoms in total. The van der Waals surface area contributed by atoms with Crippen molar-refractivity contribution < 1.29 is 4.74 Å². The summed E-state index contributed by atoms with van der Waals surface area (Å²) >= 11 is 0. The highest BCUT2D eigenvalue weighted by Crippen LogP contribution is 2.20. The standard InChI is InChI=1S/C12H16N2O/c1-3-4-8-12(14-13)10-6-5-7-11(9-10)15-2/h5-7,9,12,14H,8,13H2,1-2H3. The highest BCUT2D eigenvalue weighted by atomic mass is 16.5. The summed E-state index contributed by atoms with van der Waals surface area (Å²) in [6.45, 7) is 1.82. The van der Waals surface area contributed by atoms with E-state index in [1.807, 2.05) is 31.2 Å². The Hall–Kier alpha value is -1.50. The summed E-state index contributed by atoms with van der Waals surface area (Å²) in [7, 11) is 1.65. The van der Waals surface area contributed by atoms with Crippen LogP contribution in [0, 0.1) is 11.8 Å². The van der Waals surface area contributed by atoms with Gasteiger partial charge >= 0.3 is 0 Å². The van der Waals surface area contributed by atoms with Crippen LogP contribution < -0.4 is 16.0 Å². The molecule has 0 aliphatic rings. The van der Waals surface area contributed by atoms with Crippen LogP contribution in [-0.4, -0.2) is 7.11 Å². The topological polar surface area (TPSA) is 47.3 Å². The van der Waals surface area contributed by atoms with Crippen molar-refractivity contribution in [3.63, 3.8) is 0 Å². The number of benzene rings is 1. The van der Waals surface area contributed by atoms with Gasteiger partial charge in [0.1, 0.15) is 5.75 Å². The molecule has 0 saturated carbocycles. The molecule has 0 aliphatic carbocycles. The van der Waals surface area contributed by atoms with Crippen molar-refractivity contribution in [2.75, 3.05) is 7.11 Å². The highest BCUT2D eigenvalue weighted by Gasteiger charge is 2.08. The molecule has 0 spiro atoms. The van der Waals surface area contributed by atoms with E-state index in [0.29, 0.717) is 6.42 Å². The molecule has 15 heavy (non-hydrogen) atoms. The highest BCUT2D eigenvalue weighted by molar-refractivity contribution is 5.31. The summed E-state index contributed by atoms with van der Waals surface area (Å²) in [5, 5.41) is 0. The number of hydrogen-bond donors (Lipinski definition) is 2. The molecule has 0 heterocycles. The maximum atomic E-state index is 5.48. The number of ether oxygens (including phenoxy) is 1. The van der Waals surface area contributed by atoms with E-state index in [1.54, 1.807) is 7.11 Å². The lowest BCUT2D eigenvalue weighted by atomic mass is 10.0. The van der Waals surface area contributed by atoms with Crippen molar-refractivity contribution in [2.45, 2.75) is 19.4 Å². The second-order valence-electron chi connectivity index (χ2n) is 3.13. The smallest absolute Gasteiger partial charge is 0.119 e. The van der Waals surface area contributed by atoms with Gasteiger partial charge in [0.2, 0.25) is 0 Å². The summed E-state index contributed by atoms with van der Waals surface area (Å²) in [6.07, 6.45) is 0.695. The summed E-state index contributed by atoms with van der Waals surface area (Å²) < 4.78 is 5.15. The minimum atomic E-state index is 0.0487. The van der Waals surface area contributed by atoms with Gasteiger partial charge in [-0.15, -0.1) is 11.8 Å². The Kier molecular flexibility index (Phi) is 4.69. The molecular formula is C12H16N2O. The Morgan fingerprint density at radius 2 is 2.33 bits per heavy atom. The van der Waals surface area contributed by atoms with Gasteiger partial charge in [0.05, 0.1) is 13.2 Å². The summed E-state index contributed by atoms with van der Waals surface area (Å²) in [6, 6.07) is 7.86. The fraction of sp³-hybridized carbons (Fsp3) is 0.333. The van der Waals surface area contributed by atoms with Crippen molar-refractivity contribution in [3.8, 4) is 17.6 Å². The van der Waals surface area contributed by atoms with Crippen LogP contribution in [0.1, 0.15) is 24.9 Å². The molecule has 0 bridgehead atoms. The van der Waals surface area contributed by atoms with Crippen molar-refractivity contribution in [1.82, 2.24) is 5.43 Å². The first kappa shape index (κ1) is 11.6. The monoisotopic (exact) mass is 204 g/mol. The van der Waals surface area contributed by atoms with Crippen molar-refractivity contribution >= 4 is 0 Å². The predicted octanol–water partition coefficient (Wildman–Crippen LogP) is 1.61. The van der Waals surface area contributed by atoms with Crippen LogP contribution in [0.2, 0.25) is 0 Å². The average molecular weight is 204 g/mol. The Morgan fingerprint density at radius 3 is 2.93 bits per heavy atom. The second-order valence-corrected chi connectivity index (χ2v) is 3.13. The van der Waals surface area contributed by atoms with E-state index in [-0.39, 0.29) is 6.04 Å². The Morgan fingerprint density at radius 1 is 1.53 bits per heavy atom. The average Bonchev–Trinajstić information content (AvgIpc) is 2.30. The normalized spacial score (nSPS) is 11.4. The number of rotatable bonds is 4. The minimum Gasteiger partial charge on any atom is -0.497 e. The van der Waals surface area contributed by atoms with E-state index >= 15 is 0 Å². The maximum Gasteiger partial charge on any atom is 0.119 e. The minimum absolute atomic E-state index is 0.0487. The Balaban J connectivity index is 2.84. The molecule has 3 heteroatoms. The van der Waals surface area contributed by atoms with Gasteiger partial charge in [-0.2, -0.15) is 0 Å². The van der Waals surface area contributed by atoms with Crippen molar-refractivity contribution in [2.24, 2.45) is 5.84 Å². The van der Waals surface area contributed by atoms with Gasteiger partial charge in [-0.1, -0.05) is 12.1 Å². The zero-order valence-electron chi connectivity index (χ0n) is 9.08. The fourth-order valence-electron chi connectivity index (χ4n) is 1.34. The Labute approximate surface area is 90.6 Å². The van der Waals surface area contributed by atoms with Gasteiger partial charge in [0.15, 0.2) is 0 Å². The van der Waals surface area contributed by atoms with Crippen LogP contribution in [0.25, 0.3) is 0 Å². The molecule has 1 aromatic rings. The second kappa shape index (κ2) is 6.07. The number of nitrogens with two attached hydrogens (primary N) is 1. The summed E-state index contributed by atoms with van der Waals surface area (Å²) in [4.78, 5) is 0. The van der Waals surface area contributed by atoms with Gasteiger partial charge in [-0.25, -0.2) is 0 Å². The van der Waals surface area contributed by atoms with Crippen LogP contribution in [-0.2, 0) is 0 Å². The predicted molar refractivity (Wildman–Crippen MR) is 61.1 cm³/mol. The first-order valence-electron chi connectivity index (χ1n) is 4.81. The quantitative estimate of drug-likeness (QED) is 0.445. The van der Waals surface area contributed by atoms with Crippen LogP contribution in [0.3, 0.4) is 0 Å². The number of nitrogens with one attached hydrogen (secondary N) is 1. The third-order valence-corrected chi connectivity index (χ3v) is 2.18. The SMILES string of the molecule is CC#CCC(NN)c1cccc(OC)c1. The summed E-state index contributed by atoms with van der Waals surface area (Å²) in [5.74, 6) is 12.2. The van der Waals surface area contributed by atoms with Gasteiger partial charge in [0.25, 0.3) is 0 Å². The lowest BCUT2D eigenvalue weighted by Gasteiger charge is -2.14. The van der Waals surface area contributed by atoms with E-state index in [4.69, 9.17) is 10.6 Å². The van der Waals surface area contributed by atoms with Gasteiger partial charge in [0, 0.05) is 6.42 Å². The molecule has 1 rings (SSSR count). The van der Waals surface area contributed by atoms with Crippen molar-refractivity contribution in [1.29, 1.82) is 0 Å². The molecule has 1 atom stereocenters. The molecule has 0 radical (unpaired) electrons. The van der Waals surface area contributed by atoms with E-state index in [9.17, 15) is 0 Å². The number of methoxy groups -OCH3 is 1. The molecular weight excluding hydrogens is 188 g/mol. The summed E-state index contributed by atoms with van der Waals surface area (Å²) in [5.41, 5.74) is 3.83. The number of hydrogen-bond acceptors (Lipinski definition) is 3. The Bertz CT molecular complexity index is 365. The lowest BCUT2D eigenvalue weighted by molar-refractivity contribution is 0.413. The third-order valence-electron chi connectivity index (χ3n) is 2.18. The van der Waals surface area contributed by atoms with Gasteiger partial charge < -0.3 is 4.74 Å². The first-order chi connectivity index (χ1) is 7.31. The molecule has 0 amide bonds. The largest absolute Gasteiger partial charge is 0.497 e. The maximum absolute atomic E-state index is 5.48. The number of hydrazine groups is 1. The molecule has 0 aromatic heterocycles. The molecule has 1 unspecified atom stereocenters. The molecule has 3 N–H and O–H groups in total. The fourth-order valence-corrected chi connectivity index (χ4v) is 1.34. The first-order valence-corrected chi connectivity index (χ1v) is 4.81. The van der Waals surface area contributed by atoms with E-state index in [2.05, 4.69) is 17.3 Å². The molecule has 0 fully saturated rings. The molecule has 1 aromatic carbocycles.